The second kappa shape index (κ2) is 10.8. The zero-order chi connectivity index (χ0) is 21.3. The standard InChI is InChI=1S/C23H32N4O3/c24-22(29)19(10-4-5-11-21(28)26-18-8-2-1-3-9-18)27-23(30)17-13-12-16-7-6-14-25-20(16)15-17/h5,11-13,15,18-19,25H,1-4,6-10,14H2,(H2,24,29)(H,26,28)(H,27,30). The zero-order valence-corrected chi connectivity index (χ0v) is 17.4. The molecule has 2 aliphatic rings. The van der Waals surface area contributed by atoms with Crippen LogP contribution < -0.4 is 21.7 Å². The molecule has 1 saturated carbocycles. The fraction of sp³-hybridized carbons (Fsp3) is 0.522. The molecule has 1 heterocycles. The van der Waals surface area contributed by atoms with Gasteiger partial charge in [-0.05, 0) is 62.3 Å². The Morgan fingerprint density at radius 2 is 1.97 bits per heavy atom. The lowest BCUT2D eigenvalue weighted by Crippen LogP contribution is -2.44. The van der Waals surface area contributed by atoms with Gasteiger partial charge in [0.2, 0.25) is 11.8 Å². The van der Waals surface area contributed by atoms with E-state index in [-0.39, 0.29) is 17.9 Å². The fourth-order valence-electron chi connectivity index (χ4n) is 4.08. The molecular weight excluding hydrogens is 380 g/mol. The van der Waals surface area contributed by atoms with Crippen molar-refractivity contribution in [3.63, 3.8) is 0 Å². The molecule has 3 rings (SSSR count). The molecule has 1 atom stereocenters. The summed E-state index contributed by atoms with van der Waals surface area (Å²) in [6.07, 6.45) is 11.8. The van der Waals surface area contributed by atoms with E-state index in [1.165, 1.54) is 18.1 Å². The van der Waals surface area contributed by atoms with E-state index in [1.54, 1.807) is 12.1 Å². The number of amides is 3. The average Bonchev–Trinajstić information content (AvgIpc) is 2.76. The molecule has 1 aliphatic carbocycles. The first-order valence-electron chi connectivity index (χ1n) is 11.0. The van der Waals surface area contributed by atoms with Gasteiger partial charge in [0.15, 0.2) is 0 Å². The van der Waals surface area contributed by atoms with Crippen LogP contribution >= 0.6 is 0 Å². The molecule has 30 heavy (non-hydrogen) atoms. The van der Waals surface area contributed by atoms with Crippen LogP contribution in [0.1, 0.15) is 67.3 Å². The van der Waals surface area contributed by atoms with Gasteiger partial charge in [0, 0.05) is 23.8 Å². The minimum absolute atomic E-state index is 0.108. The zero-order valence-electron chi connectivity index (χ0n) is 17.4. The number of aryl methyl sites for hydroxylation is 1. The second-order valence-corrected chi connectivity index (χ2v) is 8.15. The van der Waals surface area contributed by atoms with Gasteiger partial charge >= 0.3 is 0 Å². The lowest BCUT2D eigenvalue weighted by molar-refractivity contribution is -0.120. The Labute approximate surface area is 177 Å². The highest BCUT2D eigenvalue weighted by Crippen LogP contribution is 2.23. The van der Waals surface area contributed by atoms with Crippen molar-refractivity contribution in [3.8, 4) is 0 Å². The minimum Gasteiger partial charge on any atom is -0.385 e. The number of hydrogen-bond donors (Lipinski definition) is 4. The predicted molar refractivity (Wildman–Crippen MR) is 117 cm³/mol. The average molecular weight is 413 g/mol. The number of hydrogen-bond acceptors (Lipinski definition) is 4. The van der Waals surface area contributed by atoms with E-state index in [9.17, 15) is 14.4 Å². The number of primary amides is 1. The van der Waals surface area contributed by atoms with Gasteiger partial charge in [-0.1, -0.05) is 31.4 Å². The van der Waals surface area contributed by atoms with Gasteiger partial charge in [-0.2, -0.15) is 0 Å². The van der Waals surface area contributed by atoms with E-state index in [4.69, 9.17) is 5.73 Å². The van der Waals surface area contributed by atoms with E-state index in [0.717, 1.165) is 50.8 Å². The van der Waals surface area contributed by atoms with Crippen LogP contribution in [0.15, 0.2) is 30.4 Å². The molecule has 7 heteroatoms. The molecule has 0 aromatic heterocycles. The molecule has 1 aromatic carbocycles. The Balaban J connectivity index is 1.47. The van der Waals surface area contributed by atoms with Crippen molar-refractivity contribution >= 4 is 23.4 Å². The van der Waals surface area contributed by atoms with Gasteiger partial charge in [-0.25, -0.2) is 0 Å². The molecule has 0 spiro atoms. The highest BCUT2D eigenvalue weighted by atomic mass is 16.2. The van der Waals surface area contributed by atoms with Crippen molar-refractivity contribution in [3.05, 3.63) is 41.5 Å². The van der Waals surface area contributed by atoms with Crippen LogP contribution in [-0.4, -0.2) is 36.3 Å². The molecule has 1 fully saturated rings. The SMILES string of the molecule is NC(=O)C(CCC=CC(=O)NC1CCCCC1)NC(=O)c1ccc2c(c1)NCCC2. The van der Waals surface area contributed by atoms with Crippen molar-refractivity contribution in [2.45, 2.75) is 69.9 Å². The molecular formula is C23H32N4O3. The molecule has 7 nitrogen and oxygen atoms in total. The highest BCUT2D eigenvalue weighted by molar-refractivity contribution is 5.98. The number of benzene rings is 1. The summed E-state index contributed by atoms with van der Waals surface area (Å²) in [5, 5.41) is 9.03. The summed E-state index contributed by atoms with van der Waals surface area (Å²) in [5.41, 5.74) is 8.13. The monoisotopic (exact) mass is 412 g/mol. The molecule has 1 unspecified atom stereocenters. The minimum atomic E-state index is -0.785. The highest BCUT2D eigenvalue weighted by Gasteiger charge is 2.20. The Hall–Kier alpha value is -2.83. The summed E-state index contributed by atoms with van der Waals surface area (Å²) >= 11 is 0. The topological polar surface area (TPSA) is 113 Å². The summed E-state index contributed by atoms with van der Waals surface area (Å²) in [6, 6.07) is 5.02. The van der Waals surface area contributed by atoms with Crippen LogP contribution in [0, 0.1) is 0 Å². The fourth-order valence-corrected chi connectivity index (χ4v) is 4.08. The van der Waals surface area contributed by atoms with Crippen molar-refractivity contribution in [2.75, 3.05) is 11.9 Å². The number of allylic oxidation sites excluding steroid dienone is 1. The summed E-state index contributed by atoms with van der Waals surface area (Å²) in [4.78, 5) is 36.4. The maximum atomic E-state index is 12.6. The first kappa shape index (κ1) is 21.9. The molecule has 5 N–H and O–H groups in total. The van der Waals surface area contributed by atoms with Gasteiger partial charge in [0.25, 0.3) is 5.91 Å². The van der Waals surface area contributed by atoms with E-state index in [1.807, 2.05) is 12.1 Å². The summed E-state index contributed by atoms with van der Waals surface area (Å²) in [6.45, 7) is 0.892. The van der Waals surface area contributed by atoms with Crippen molar-refractivity contribution in [1.82, 2.24) is 10.6 Å². The molecule has 3 amide bonds. The first-order valence-corrected chi connectivity index (χ1v) is 11.0. The largest absolute Gasteiger partial charge is 0.385 e. The third-order valence-electron chi connectivity index (χ3n) is 5.80. The second-order valence-electron chi connectivity index (χ2n) is 8.15. The maximum Gasteiger partial charge on any atom is 0.252 e. The first-order chi connectivity index (χ1) is 14.5. The van der Waals surface area contributed by atoms with Crippen molar-refractivity contribution in [2.24, 2.45) is 5.73 Å². The number of nitrogens with two attached hydrogens (primary N) is 1. The van der Waals surface area contributed by atoms with Crippen LogP contribution in [0.5, 0.6) is 0 Å². The number of fused-ring (bicyclic) bond motifs is 1. The Kier molecular flexibility index (Phi) is 7.88. The molecule has 0 bridgehead atoms. The maximum absolute atomic E-state index is 12.6. The molecule has 0 radical (unpaired) electrons. The van der Waals surface area contributed by atoms with Gasteiger partial charge in [0.1, 0.15) is 6.04 Å². The van der Waals surface area contributed by atoms with Crippen molar-refractivity contribution in [1.29, 1.82) is 0 Å². The normalized spacial score (nSPS) is 17.6. The van der Waals surface area contributed by atoms with E-state index in [0.29, 0.717) is 18.4 Å². The Bertz CT molecular complexity index is 800. The predicted octanol–water partition coefficient (Wildman–Crippen LogP) is 2.41. The van der Waals surface area contributed by atoms with Crippen LogP contribution in [0.25, 0.3) is 0 Å². The Morgan fingerprint density at radius 3 is 2.73 bits per heavy atom. The molecule has 1 aromatic rings. The van der Waals surface area contributed by atoms with Crippen molar-refractivity contribution < 1.29 is 14.4 Å². The summed E-state index contributed by atoms with van der Waals surface area (Å²) < 4.78 is 0. The summed E-state index contributed by atoms with van der Waals surface area (Å²) in [5.74, 6) is -1.02. The smallest absolute Gasteiger partial charge is 0.252 e. The van der Waals surface area contributed by atoms with E-state index in [2.05, 4.69) is 16.0 Å². The third-order valence-corrected chi connectivity index (χ3v) is 5.80. The lowest BCUT2D eigenvalue weighted by atomic mass is 9.95. The van der Waals surface area contributed by atoms with Crippen LogP contribution in [0.2, 0.25) is 0 Å². The number of carbonyl (C=O) groups excluding carboxylic acids is 3. The quantitative estimate of drug-likeness (QED) is 0.491. The van der Waals surface area contributed by atoms with Crippen LogP contribution in [0.4, 0.5) is 5.69 Å². The van der Waals surface area contributed by atoms with Gasteiger partial charge in [-0.3, -0.25) is 14.4 Å². The molecule has 162 valence electrons. The number of anilines is 1. The Morgan fingerprint density at radius 1 is 1.17 bits per heavy atom. The van der Waals surface area contributed by atoms with E-state index >= 15 is 0 Å². The van der Waals surface area contributed by atoms with Crippen LogP contribution in [-0.2, 0) is 16.0 Å². The van der Waals surface area contributed by atoms with Crippen LogP contribution in [0.3, 0.4) is 0 Å². The van der Waals surface area contributed by atoms with Gasteiger partial charge in [0.05, 0.1) is 0 Å². The summed E-state index contributed by atoms with van der Waals surface area (Å²) in [7, 11) is 0. The number of nitrogens with one attached hydrogen (secondary N) is 3. The van der Waals surface area contributed by atoms with E-state index < -0.39 is 11.9 Å². The molecule has 1 aliphatic heterocycles. The number of rotatable bonds is 8. The molecule has 0 saturated heterocycles. The van der Waals surface area contributed by atoms with Gasteiger partial charge in [-0.15, -0.1) is 0 Å². The third kappa shape index (κ3) is 6.34. The van der Waals surface area contributed by atoms with Gasteiger partial charge < -0.3 is 21.7 Å². The number of carbonyl (C=O) groups is 3. The lowest BCUT2D eigenvalue weighted by Gasteiger charge is -2.21.